The normalized spacial score (nSPS) is 14.9. The highest BCUT2D eigenvalue weighted by Gasteiger charge is 2.31. The first-order valence-corrected chi connectivity index (χ1v) is 10.7. The zero-order chi connectivity index (χ0) is 21.8. The summed E-state index contributed by atoms with van der Waals surface area (Å²) in [4.78, 5) is 13.7. The van der Waals surface area contributed by atoms with Gasteiger partial charge in [-0.25, -0.2) is 4.79 Å². The van der Waals surface area contributed by atoms with Crippen molar-refractivity contribution >= 4 is 17.3 Å². The van der Waals surface area contributed by atoms with Gasteiger partial charge >= 0.3 is 5.97 Å². The van der Waals surface area contributed by atoms with E-state index in [1.165, 1.54) is 11.3 Å². The number of thiophene rings is 1. The number of para-hydroxylation sites is 1. The van der Waals surface area contributed by atoms with Crippen LogP contribution in [0.3, 0.4) is 0 Å². The first kappa shape index (κ1) is 20.5. The van der Waals surface area contributed by atoms with E-state index < -0.39 is 5.97 Å². The van der Waals surface area contributed by atoms with Crippen LogP contribution in [0.4, 0.5) is 0 Å². The van der Waals surface area contributed by atoms with Crippen LogP contribution >= 0.6 is 11.3 Å². The highest BCUT2D eigenvalue weighted by molar-refractivity contribution is 7.10. The van der Waals surface area contributed by atoms with Gasteiger partial charge in [0.25, 0.3) is 0 Å². The van der Waals surface area contributed by atoms with Crippen LogP contribution in [0.5, 0.6) is 17.2 Å². The van der Waals surface area contributed by atoms with E-state index in [2.05, 4.69) is 6.07 Å². The molecule has 0 saturated carbocycles. The van der Waals surface area contributed by atoms with E-state index in [1.807, 2.05) is 24.4 Å². The number of carbonyl (C=O) groups is 1. The van der Waals surface area contributed by atoms with E-state index in [0.29, 0.717) is 35.0 Å². The first-order valence-electron chi connectivity index (χ1n) is 9.81. The minimum absolute atomic E-state index is 0.0511. The Balaban J connectivity index is 1.63. The molecule has 1 atom stereocenters. The Morgan fingerprint density at radius 1 is 1.23 bits per heavy atom. The molecule has 2 aromatic carbocycles. The number of nitrogens with zero attached hydrogens (tertiary/aromatic N) is 1. The molecule has 0 saturated heterocycles. The van der Waals surface area contributed by atoms with E-state index in [-0.39, 0.29) is 11.8 Å². The van der Waals surface area contributed by atoms with Gasteiger partial charge < -0.3 is 19.9 Å². The van der Waals surface area contributed by atoms with Crippen molar-refractivity contribution in [2.75, 3.05) is 6.61 Å². The predicted octanol–water partition coefficient (Wildman–Crippen LogP) is 4.97. The average Bonchev–Trinajstić information content (AvgIpc) is 3.31. The lowest BCUT2D eigenvalue weighted by molar-refractivity contribution is 0.0730. The van der Waals surface area contributed by atoms with E-state index in [9.17, 15) is 10.1 Å². The molecule has 4 rings (SSSR count). The van der Waals surface area contributed by atoms with Gasteiger partial charge in [-0.05, 0) is 36.1 Å². The molecule has 0 amide bonds. The highest BCUT2D eigenvalue weighted by atomic mass is 32.1. The Labute approximate surface area is 184 Å². The first-order chi connectivity index (χ1) is 15.1. The molecule has 2 heterocycles. The predicted molar refractivity (Wildman–Crippen MR) is 117 cm³/mol. The molecule has 0 bridgehead atoms. The van der Waals surface area contributed by atoms with Crippen LogP contribution in [-0.2, 0) is 0 Å². The largest absolute Gasteiger partial charge is 0.493 e. The van der Waals surface area contributed by atoms with E-state index in [1.54, 1.807) is 42.5 Å². The lowest BCUT2D eigenvalue weighted by Crippen LogP contribution is -2.20. The van der Waals surface area contributed by atoms with E-state index >= 15 is 0 Å². The van der Waals surface area contributed by atoms with Gasteiger partial charge in [0.2, 0.25) is 5.88 Å². The fourth-order valence-electron chi connectivity index (χ4n) is 3.38. The van der Waals surface area contributed by atoms with Crippen molar-refractivity contribution in [3.63, 3.8) is 0 Å². The Kier molecular flexibility index (Phi) is 5.92. The van der Waals surface area contributed by atoms with Crippen molar-refractivity contribution in [2.24, 2.45) is 5.73 Å². The molecule has 31 heavy (non-hydrogen) atoms. The minimum atomic E-state index is -0.529. The summed E-state index contributed by atoms with van der Waals surface area (Å²) in [6.07, 6.45) is 0.830. The fourth-order valence-corrected chi connectivity index (χ4v) is 4.23. The van der Waals surface area contributed by atoms with E-state index in [4.69, 9.17) is 19.9 Å². The van der Waals surface area contributed by atoms with Crippen molar-refractivity contribution in [3.8, 4) is 23.3 Å². The second-order valence-electron chi connectivity index (χ2n) is 6.87. The maximum absolute atomic E-state index is 12.8. The molecular formula is C24H20N2O4S. The number of ether oxygens (including phenoxy) is 3. The van der Waals surface area contributed by atoms with E-state index in [0.717, 1.165) is 16.9 Å². The monoisotopic (exact) mass is 432 g/mol. The number of benzene rings is 2. The number of carbonyl (C=O) groups excluding carboxylic acids is 1. The van der Waals surface area contributed by atoms with Gasteiger partial charge in [0.05, 0.1) is 12.5 Å². The third-order valence-electron chi connectivity index (χ3n) is 4.80. The summed E-state index contributed by atoms with van der Waals surface area (Å²) in [6, 6.07) is 18.1. The fraction of sp³-hybridized carbons (Fsp3) is 0.167. The summed E-state index contributed by atoms with van der Waals surface area (Å²) in [5, 5.41) is 11.5. The number of rotatable bonds is 6. The third kappa shape index (κ3) is 4.11. The van der Waals surface area contributed by atoms with Crippen LogP contribution < -0.4 is 19.9 Å². The second kappa shape index (κ2) is 8.94. The van der Waals surface area contributed by atoms with Crippen LogP contribution in [0.2, 0.25) is 0 Å². The molecule has 6 nitrogen and oxygen atoms in total. The van der Waals surface area contributed by atoms with Crippen molar-refractivity contribution in [3.05, 3.63) is 87.4 Å². The number of nitriles is 1. The molecule has 156 valence electrons. The van der Waals surface area contributed by atoms with Crippen LogP contribution in [0.15, 0.2) is 71.4 Å². The van der Waals surface area contributed by atoms with Crippen LogP contribution in [0.1, 0.15) is 40.1 Å². The molecule has 2 N–H and O–H groups in total. The number of hydrogen-bond donors (Lipinski definition) is 1. The summed E-state index contributed by atoms with van der Waals surface area (Å²) in [7, 11) is 0. The lowest BCUT2D eigenvalue weighted by Gasteiger charge is -2.25. The van der Waals surface area contributed by atoms with Gasteiger partial charge in [0.15, 0.2) is 0 Å². The molecule has 3 aromatic rings. The smallest absolute Gasteiger partial charge is 0.347 e. The van der Waals surface area contributed by atoms with Crippen molar-refractivity contribution in [1.82, 2.24) is 0 Å². The summed E-state index contributed by atoms with van der Waals surface area (Å²) in [5.41, 5.74) is 7.52. The number of nitrogens with two attached hydrogens (primary N) is 1. The van der Waals surface area contributed by atoms with Gasteiger partial charge in [0.1, 0.15) is 34.5 Å². The van der Waals surface area contributed by atoms with Crippen LogP contribution in [-0.4, -0.2) is 12.6 Å². The zero-order valence-corrected chi connectivity index (χ0v) is 17.6. The van der Waals surface area contributed by atoms with Gasteiger partial charge in [-0.1, -0.05) is 31.2 Å². The minimum Gasteiger partial charge on any atom is -0.493 e. The summed E-state index contributed by atoms with van der Waals surface area (Å²) < 4.78 is 16.9. The summed E-state index contributed by atoms with van der Waals surface area (Å²) >= 11 is 1.54. The number of esters is 1. The van der Waals surface area contributed by atoms with Gasteiger partial charge in [0, 0.05) is 16.5 Å². The van der Waals surface area contributed by atoms with Crippen molar-refractivity contribution < 1.29 is 19.0 Å². The van der Waals surface area contributed by atoms with Gasteiger partial charge in [-0.2, -0.15) is 5.26 Å². The summed E-state index contributed by atoms with van der Waals surface area (Å²) in [5.74, 6) is 0.449. The standard InChI is InChI=1S/C24H20N2O4S/c1-2-11-28-19-7-4-3-6-17(19)24(27)29-15-9-10-16-20(13-15)30-23(26)18(14-25)22(16)21-8-5-12-31-21/h3-10,12-13,22H,2,11,26H2,1H3. The molecule has 7 heteroatoms. The molecule has 1 aliphatic heterocycles. The highest BCUT2D eigenvalue weighted by Crippen LogP contribution is 2.44. The van der Waals surface area contributed by atoms with Gasteiger partial charge in [-0.3, -0.25) is 0 Å². The maximum Gasteiger partial charge on any atom is 0.347 e. The molecule has 0 radical (unpaired) electrons. The SMILES string of the molecule is CCCOc1ccccc1C(=O)Oc1ccc2c(c1)OC(N)=C(C#N)C2c1cccs1. The average molecular weight is 433 g/mol. The summed E-state index contributed by atoms with van der Waals surface area (Å²) in [6.45, 7) is 2.50. The van der Waals surface area contributed by atoms with Crippen molar-refractivity contribution in [1.29, 1.82) is 5.26 Å². The molecular weight excluding hydrogens is 412 g/mol. The Bertz CT molecular complexity index is 1180. The maximum atomic E-state index is 12.8. The molecule has 0 aliphatic carbocycles. The van der Waals surface area contributed by atoms with Crippen molar-refractivity contribution in [2.45, 2.75) is 19.3 Å². The van der Waals surface area contributed by atoms with Gasteiger partial charge in [-0.15, -0.1) is 11.3 Å². The number of fused-ring (bicyclic) bond motifs is 1. The topological polar surface area (TPSA) is 94.6 Å². The lowest BCUT2D eigenvalue weighted by atomic mass is 9.88. The number of hydrogen-bond acceptors (Lipinski definition) is 7. The number of allylic oxidation sites excluding steroid dienone is 1. The third-order valence-corrected chi connectivity index (χ3v) is 5.73. The molecule has 0 spiro atoms. The molecule has 1 aromatic heterocycles. The molecule has 1 unspecified atom stereocenters. The quantitative estimate of drug-likeness (QED) is 0.436. The Morgan fingerprint density at radius 2 is 2.06 bits per heavy atom. The van der Waals surface area contributed by atoms with Crippen LogP contribution in [0.25, 0.3) is 0 Å². The zero-order valence-electron chi connectivity index (χ0n) is 16.8. The van der Waals surface area contributed by atoms with Crippen LogP contribution in [0, 0.1) is 11.3 Å². The molecule has 1 aliphatic rings. The Morgan fingerprint density at radius 3 is 2.81 bits per heavy atom. The molecule has 0 fully saturated rings. The second-order valence-corrected chi connectivity index (χ2v) is 7.85. The Hall–Kier alpha value is -3.76.